The van der Waals surface area contributed by atoms with Crippen LogP contribution in [0.3, 0.4) is 0 Å². The van der Waals surface area contributed by atoms with Gasteiger partial charge in [-0.15, -0.1) is 0 Å². The van der Waals surface area contributed by atoms with Crippen LogP contribution in [0.15, 0.2) is 121 Å². The van der Waals surface area contributed by atoms with E-state index in [4.69, 9.17) is 0 Å². The van der Waals surface area contributed by atoms with Crippen LogP contribution in [-0.2, 0) is 0 Å². The van der Waals surface area contributed by atoms with Gasteiger partial charge in [0.2, 0.25) is 0 Å². The summed E-state index contributed by atoms with van der Waals surface area (Å²) in [5, 5.41) is 18.8. The van der Waals surface area contributed by atoms with Gasteiger partial charge in [0.15, 0.2) is 0 Å². The quantitative estimate of drug-likeness (QED) is 0.144. The van der Waals surface area contributed by atoms with Gasteiger partial charge < -0.3 is 20.6 Å². The summed E-state index contributed by atoms with van der Waals surface area (Å²) < 4.78 is 0. The molecule has 0 bridgehead atoms. The van der Waals surface area contributed by atoms with E-state index in [1.165, 1.54) is 50.3 Å². The number of anilines is 3. The molecule has 5 aromatic carbocycles. The third-order valence-electron chi connectivity index (χ3n) is 10.7. The van der Waals surface area contributed by atoms with E-state index in [2.05, 4.69) is 168 Å². The molecule has 0 spiro atoms. The van der Waals surface area contributed by atoms with Crippen LogP contribution in [-0.4, -0.2) is 5.11 Å². The number of allylic oxidation sites excluding steroid dienone is 2. The van der Waals surface area contributed by atoms with Gasteiger partial charge in [-0.25, -0.2) is 0 Å². The molecule has 5 aromatic rings. The Morgan fingerprint density at radius 1 is 0.596 bits per heavy atom. The van der Waals surface area contributed by atoms with Crippen LogP contribution in [0.2, 0.25) is 0 Å². The fraction of sp³-hybridized carbons (Fsp3) is 0.292. The smallest absolute Gasteiger partial charge is 0.130 e. The van der Waals surface area contributed by atoms with E-state index in [1.54, 1.807) is 6.07 Å². The van der Waals surface area contributed by atoms with Crippen molar-refractivity contribution in [1.82, 2.24) is 5.32 Å². The number of benzene rings is 5. The van der Waals surface area contributed by atoms with Gasteiger partial charge in [0.25, 0.3) is 0 Å². The molecule has 266 valence electrons. The first-order valence-electron chi connectivity index (χ1n) is 19.0. The molecular formula is C48H53N3O. The summed E-state index contributed by atoms with van der Waals surface area (Å²) >= 11 is 0. The monoisotopic (exact) mass is 687 g/mol. The fourth-order valence-corrected chi connectivity index (χ4v) is 7.71. The van der Waals surface area contributed by atoms with Gasteiger partial charge in [-0.3, -0.25) is 0 Å². The Morgan fingerprint density at radius 2 is 1.21 bits per heavy atom. The summed E-state index contributed by atoms with van der Waals surface area (Å²) in [6.45, 7) is 18.2. The molecule has 2 atom stereocenters. The highest BCUT2D eigenvalue weighted by Gasteiger charge is 2.35. The summed E-state index contributed by atoms with van der Waals surface area (Å²) in [4.78, 5) is 2.53. The highest BCUT2D eigenvalue weighted by atomic mass is 16.3. The average Bonchev–Trinajstić information content (AvgIpc) is 3.53. The number of fused-ring (bicyclic) bond motifs is 1. The molecule has 2 unspecified atom stereocenters. The zero-order chi connectivity index (χ0) is 36.7. The number of nitrogens with zero attached hydrogens (tertiary/aromatic N) is 1. The van der Waals surface area contributed by atoms with Gasteiger partial charge in [-0.05, 0) is 111 Å². The first kappa shape index (κ1) is 35.2. The second-order valence-electron chi connectivity index (χ2n) is 15.7. The van der Waals surface area contributed by atoms with E-state index < -0.39 is 0 Å². The average molecular weight is 688 g/mol. The second-order valence-corrected chi connectivity index (χ2v) is 15.7. The van der Waals surface area contributed by atoms with Gasteiger partial charge in [0.05, 0.1) is 23.1 Å². The van der Waals surface area contributed by atoms with Gasteiger partial charge in [-0.2, -0.15) is 0 Å². The third-order valence-corrected chi connectivity index (χ3v) is 10.7. The van der Waals surface area contributed by atoms with Crippen LogP contribution in [0.5, 0.6) is 5.75 Å². The van der Waals surface area contributed by atoms with Crippen molar-refractivity contribution in [1.29, 1.82) is 0 Å². The fourth-order valence-electron chi connectivity index (χ4n) is 7.71. The highest BCUT2D eigenvalue weighted by molar-refractivity contribution is 5.88. The Morgan fingerprint density at radius 3 is 1.87 bits per heavy atom. The number of aromatic hydroxyl groups is 1. The molecule has 0 aliphatic carbocycles. The minimum Gasteiger partial charge on any atom is -0.507 e. The van der Waals surface area contributed by atoms with Crippen molar-refractivity contribution >= 4 is 28.3 Å². The Labute approximate surface area is 310 Å². The maximum Gasteiger partial charge on any atom is 0.130 e. The first-order chi connectivity index (χ1) is 25.0. The van der Waals surface area contributed by atoms with Crippen LogP contribution in [0.4, 0.5) is 17.1 Å². The normalized spacial score (nSPS) is 17.0. The molecule has 0 radical (unpaired) electrons. The summed E-state index contributed by atoms with van der Waals surface area (Å²) in [5.41, 5.74) is 15.4. The van der Waals surface area contributed by atoms with E-state index in [1.807, 2.05) is 18.2 Å². The van der Waals surface area contributed by atoms with E-state index in [9.17, 15) is 5.11 Å². The number of dihydropyridines is 1. The topological polar surface area (TPSA) is 47.5 Å². The Balaban J connectivity index is 1.36. The summed E-state index contributed by atoms with van der Waals surface area (Å²) in [6.07, 6.45) is 4.46. The molecule has 2 heterocycles. The van der Waals surface area contributed by atoms with Gasteiger partial charge in [0, 0.05) is 11.3 Å². The van der Waals surface area contributed by atoms with Crippen LogP contribution < -0.4 is 15.5 Å². The van der Waals surface area contributed by atoms with Crippen molar-refractivity contribution in [3.05, 3.63) is 166 Å². The maximum absolute atomic E-state index is 11.0. The van der Waals surface area contributed by atoms with Crippen molar-refractivity contribution in [2.75, 3.05) is 10.2 Å². The molecule has 0 saturated heterocycles. The third kappa shape index (κ3) is 6.75. The summed E-state index contributed by atoms with van der Waals surface area (Å²) in [5.74, 6) is 1.83. The zero-order valence-corrected chi connectivity index (χ0v) is 31.9. The Kier molecular flexibility index (Phi) is 9.76. The van der Waals surface area contributed by atoms with Gasteiger partial charge in [-0.1, -0.05) is 134 Å². The number of para-hydroxylation sites is 4. The molecule has 7 rings (SSSR count). The van der Waals surface area contributed by atoms with Crippen LogP contribution in [0.1, 0.15) is 136 Å². The molecule has 52 heavy (non-hydrogen) atoms. The number of hydrogen-bond donors (Lipinski definition) is 3. The van der Waals surface area contributed by atoms with Crippen molar-refractivity contribution in [2.24, 2.45) is 0 Å². The molecule has 4 heteroatoms. The molecule has 4 nitrogen and oxygen atoms in total. The number of rotatable bonds is 9. The van der Waals surface area contributed by atoms with E-state index in [-0.39, 0.29) is 18.0 Å². The lowest BCUT2D eigenvalue weighted by molar-refractivity contribution is 0.473. The summed E-state index contributed by atoms with van der Waals surface area (Å²) in [6, 6.07) is 39.1. The number of phenolic OH excluding ortho intramolecular Hbond substituents is 1. The lowest BCUT2D eigenvalue weighted by atomic mass is 9.87. The Bertz CT molecular complexity index is 2100. The van der Waals surface area contributed by atoms with Crippen molar-refractivity contribution in [3.8, 4) is 5.75 Å². The maximum atomic E-state index is 11.0. The van der Waals surface area contributed by atoms with Crippen LogP contribution >= 0.6 is 0 Å². The number of hydrogen-bond acceptors (Lipinski definition) is 4. The van der Waals surface area contributed by atoms with E-state index in [0.717, 1.165) is 22.5 Å². The zero-order valence-electron chi connectivity index (χ0n) is 31.9. The molecular weight excluding hydrogens is 635 g/mol. The summed E-state index contributed by atoms with van der Waals surface area (Å²) in [7, 11) is 0. The van der Waals surface area contributed by atoms with Crippen molar-refractivity contribution in [2.45, 2.75) is 91.3 Å². The minimum atomic E-state index is -0.119. The molecule has 2 aliphatic rings. The lowest BCUT2D eigenvalue weighted by Gasteiger charge is -2.34. The SMILES string of the molecule is CC(C)c1cc(C2=CC(c3cccc(C4Nc5ccccc5N4c4c(C(C)C)cccc4C(C)C)c3)NC(c3ccccc3O)=C2)cc(C(C)C)c1. The largest absolute Gasteiger partial charge is 0.507 e. The van der Waals surface area contributed by atoms with Crippen molar-refractivity contribution < 1.29 is 5.11 Å². The van der Waals surface area contributed by atoms with E-state index >= 15 is 0 Å². The van der Waals surface area contributed by atoms with Gasteiger partial charge >= 0.3 is 0 Å². The highest BCUT2D eigenvalue weighted by Crippen LogP contribution is 2.50. The van der Waals surface area contributed by atoms with Gasteiger partial charge in [0.1, 0.15) is 11.9 Å². The number of phenols is 1. The molecule has 0 fully saturated rings. The first-order valence-corrected chi connectivity index (χ1v) is 19.0. The molecule has 3 N–H and O–H groups in total. The minimum absolute atomic E-state index is 0.0914. The molecule has 0 saturated carbocycles. The number of nitrogens with one attached hydrogen (secondary N) is 2. The molecule has 2 aliphatic heterocycles. The predicted octanol–water partition coefficient (Wildman–Crippen LogP) is 12.9. The molecule has 0 aromatic heterocycles. The van der Waals surface area contributed by atoms with Crippen molar-refractivity contribution in [3.63, 3.8) is 0 Å². The Hall–Kier alpha value is -5.22. The lowest BCUT2D eigenvalue weighted by Crippen LogP contribution is -2.27. The standard InChI is InChI=1S/C48H53N3O/c1-29(2)35-24-36(30(3)4)26-37(25-35)38-27-43(49-44(28-38)41-17-9-12-22-46(41)52)33-15-13-16-34(23-33)48-50-42-20-10-11-21-45(42)51(48)47-39(31(5)6)18-14-19-40(47)32(7)8/h9-32,43,48-50,52H,1-8H3. The van der Waals surface area contributed by atoms with E-state index in [0.29, 0.717) is 23.7 Å². The van der Waals surface area contributed by atoms with Crippen LogP contribution in [0, 0.1) is 0 Å². The molecule has 0 amide bonds. The second kappa shape index (κ2) is 14.4. The van der Waals surface area contributed by atoms with Crippen LogP contribution in [0.25, 0.3) is 11.3 Å². The predicted molar refractivity (Wildman–Crippen MR) is 221 cm³/mol.